The number of carbonyl (C=O) groups is 1. The van der Waals surface area contributed by atoms with E-state index in [1.807, 2.05) is 35.7 Å². The van der Waals surface area contributed by atoms with Crippen molar-refractivity contribution in [3.63, 3.8) is 0 Å². The van der Waals surface area contributed by atoms with Crippen molar-refractivity contribution in [2.45, 2.75) is 13.0 Å². The number of aromatic nitrogens is 2. The molecule has 118 valence electrons. The minimum Gasteiger partial charge on any atom is -0.306 e. The van der Waals surface area contributed by atoms with Crippen molar-refractivity contribution < 1.29 is 4.79 Å². The Balaban J connectivity index is 1.75. The van der Waals surface area contributed by atoms with Gasteiger partial charge in [-0.2, -0.15) is 0 Å². The molecule has 4 nitrogen and oxygen atoms in total. The second-order valence-electron chi connectivity index (χ2n) is 5.26. The highest BCUT2D eigenvalue weighted by Crippen LogP contribution is 2.15. The van der Waals surface area contributed by atoms with Crippen LogP contribution in [0.15, 0.2) is 58.8 Å². The van der Waals surface area contributed by atoms with Gasteiger partial charge < -0.3 is 4.57 Å². The third-order valence-corrected chi connectivity index (χ3v) is 4.41. The van der Waals surface area contributed by atoms with E-state index in [1.165, 1.54) is 28.2 Å². The van der Waals surface area contributed by atoms with E-state index >= 15 is 0 Å². The minimum absolute atomic E-state index is 0.0629. The molecule has 0 aliphatic carbocycles. The van der Waals surface area contributed by atoms with Gasteiger partial charge >= 0.3 is 0 Å². The van der Waals surface area contributed by atoms with E-state index in [-0.39, 0.29) is 17.9 Å². The second kappa shape index (κ2) is 7.07. The molecule has 0 N–H and O–H groups in total. The largest absolute Gasteiger partial charge is 0.306 e. The number of nitrogens with zero attached hydrogens (tertiary/aromatic N) is 2. The smallest absolute Gasteiger partial charge is 0.251 e. The van der Waals surface area contributed by atoms with Crippen LogP contribution in [-0.4, -0.2) is 15.3 Å². The summed E-state index contributed by atoms with van der Waals surface area (Å²) in [5, 5.41) is 2.28. The van der Waals surface area contributed by atoms with Gasteiger partial charge in [0.15, 0.2) is 5.01 Å². The fraction of sp³-hybridized carbons (Fsp3) is 0.105. The Bertz CT molecular complexity index is 965. The number of benzene rings is 1. The molecular formula is C19H14N2O2S. The van der Waals surface area contributed by atoms with Gasteiger partial charge in [-0.1, -0.05) is 36.3 Å². The Morgan fingerprint density at radius 2 is 2.00 bits per heavy atom. The molecule has 0 spiro atoms. The first-order chi connectivity index (χ1) is 11.7. The number of hydrogen-bond donors (Lipinski definition) is 0. The van der Waals surface area contributed by atoms with E-state index in [0.29, 0.717) is 17.0 Å². The van der Waals surface area contributed by atoms with Gasteiger partial charge in [-0.15, -0.1) is 17.8 Å². The van der Waals surface area contributed by atoms with Crippen LogP contribution in [0.2, 0.25) is 0 Å². The zero-order chi connectivity index (χ0) is 16.9. The van der Waals surface area contributed by atoms with Gasteiger partial charge in [-0.05, 0) is 11.6 Å². The molecule has 0 saturated carbocycles. The van der Waals surface area contributed by atoms with Crippen molar-refractivity contribution in [1.29, 1.82) is 0 Å². The maximum absolute atomic E-state index is 12.4. The van der Waals surface area contributed by atoms with Crippen molar-refractivity contribution in [2.75, 3.05) is 0 Å². The maximum atomic E-state index is 12.4. The first-order valence-corrected chi connectivity index (χ1v) is 8.22. The lowest BCUT2D eigenvalue weighted by Gasteiger charge is -2.03. The van der Waals surface area contributed by atoms with Gasteiger partial charge in [0.1, 0.15) is 0 Å². The Labute approximate surface area is 143 Å². The van der Waals surface area contributed by atoms with Crippen LogP contribution in [0.25, 0.3) is 0 Å². The number of rotatable bonds is 5. The molecule has 0 atom stereocenters. The number of carbonyl (C=O) groups excluding carboxylic acids is 1. The van der Waals surface area contributed by atoms with Gasteiger partial charge in [0, 0.05) is 29.6 Å². The van der Waals surface area contributed by atoms with Crippen molar-refractivity contribution in [3.8, 4) is 12.3 Å². The Hall–Kier alpha value is -2.97. The summed E-state index contributed by atoms with van der Waals surface area (Å²) >= 11 is 1.30. The first-order valence-electron chi connectivity index (χ1n) is 7.34. The fourth-order valence-corrected chi connectivity index (χ4v) is 3.03. The van der Waals surface area contributed by atoms with Crippen LogP contribution in [0.1, 0.15) is 26.6 Å². The van der Waals surface area contributed by atoms with Crippen LogP contribution in [0.4, 0.5) is 0 Å². The van der Waals surface area contributed by atoms with E-state index in [4.69, 9.17) is 6.42 Å². The Morgan fingerprint density at radius 1 is 1.21 bits per heavy atom. The lowest BCUT2D eigenvalue weighted by Crippen LogP contribution is -2.23. The average molecular weight is 334 g/mol. The lowest BCUT2D eigenvalue weighted by atomic mass is 10.1. The summed E-state index contributed by atoms with van der Waals surface area (Å²) in [5.74, 6) is 2.26. The Morgan fingerprint density at radius 3 is 2.75 bits per heavy atom. The number of terminal acetylenes is 1. The van der Waals surface area contributed by atoms with Crippen molar-refractivity contribution >= 4 is 17.1 Å². The monoisotopic (exact) mass is 334 g/mol. The molecule has 3 rings (SSSR count). The van der Waals surface area contributed by atoms with Crippen LogP contribution >= 0.6 is 11.3 Å². The standard InChI is InChI=1S/C19H14N2O2S/c1-2-14-8-9-18(23)21(11-14)12-17(22)19-20-16(13-24-19)10-15-6-4-3-5-7-15/h1,3-9,11,13H,10,12H2. The molecule has 0 aliphatic heterocycles. The fourth-order valence-electron chi connectivity index (χ4n) is 2.28. The lowest BCUT2D eigenvalue weighted by molar-refractivity contribution is 0.0970. The van der Waals surface area contributed by atoms with Gasteiger partial charge in [0.25, 0.3) is 5.56 Å². The summed E-state index contributed by atoms with van der Waals surface area (Å²) in [7, 11) is 0. The van der Waals surface area contributed by atoms with Crippen molar-refractivity contribution in [2.24, 2.45) is 0 Å². The van der Waals surface area contributed by atoms with Crippen LogP contribution in [0.5, 0.6) is 0 Å². The van der Waals surface area contributed by atoms with E-state index in [2.05, 4.69) is 10.9 Å². The number of hydrogen-bond acceptors (Lipinski definition) is 4. The zero-order valence-electron chi connectivity index (χ0n) is 12.8. The van der Waals surface area contributed by atoms with E-state index in [1.54, 1.807) is 6.07 Å². The number of thiazole rings is 1. The van der Waals surface area contributed by atoms with E-state index < -0.39 is 0 Å². The summed E-state index contributed by atoms with van der Waals surface area (Å²) in [6.45, 7) is -0.0629. The van der Waals surface area contributed by atoms with Crippen LogP contribution in [0.3, 0.4) is 0 Å². The number of pyridine rings is 1. The summed E-state index contributed by atoms with van der Waals surface area (Å²) in [4.78, 5) is 28.6. The molecule has 0 radical (unpaired) electrons. The molecule has 0 unspecified atom stereocenters. The van der Waals surface area contributed by atoms with Gasteiger partial charge in [-0.3, -0.25) is 9.59 Å². The zero-order valence-corrected chi connectivity index (χ0v) is 13.6. The van der Waals surface area contributed by atoms with Gasteiger partial charge in [0.2, 0.25) is 5.78 Å². The van der Waals surface area contributed by atoms with E-state index in [9.17, 15) is 9.59 Å². The molecule has 0 aliphatic rings. The topological polar surface area (TPSA) is 52.0 Å². The molecule has 3 aromatic rings. The normalized spacial score (nSPS) is 10.3. The highest BCUT2D eigenvalue weighted by Gasteiger charge is 2.13. The second-order valence-corrected chi connectivity index (χ2v) is 6.12. The molecule has 0 fully saturated rings. The number of ketones is 1. The minimum atomic E-state index is -0.261. The predicted octanol–water partition coefficient (Wildman–Crippen LogP) is 2.76. The molecule has 2 heterocycles. The van der Waals surface area contributed by atoms with Crippen LogP contribution < -0.4 is 5.56 Å². The third kappa shape index (κ3) is 3.67. The molecule has 0 amide bonds. The summed E-state index contributed by atoms with van der Waals surface area (Å²) < 4.78 is 1.32. The molecule has 0 bridgehead atoms. The van der Waals surface area contributed by atoms with Crippen molar-refractivity contribution in [3.05, 3.63) is 86.2 Å². The quantitative estimate of drug-likeness (QED) is 0.532. The molecule has 1 aromatic carbocycles. The molecule has 5 heteroatoms. The highest BCUT2D eigenvalue weighted by atomic mass is 32.1. The van der Waals surface area contributed by atoms with Crippen LogP contribution in [-0.2, 0) is 13.0 Å². The molecule has 0 saturated heterocycles. The summed E-state index contributed by atoms with van der Waals surface area (Å²) in [6, 6.07) is 12.9. The molecular weight excluding hydrogens is 320 g/mol. The first kappa shape index (κ1) is 15.9. The SMILES string of the molecule is C#Cc1ccc(=O)n(CC(=O)c2nc(Cc3ccccc3)cs2)c1. The van der Waals surface area contributed by atoms with E-state index in [0.717, 1.165) is 11.3 Å². The average Bonchev–Trinajstić information content (AvgIpc) is 3.06. The molecule has 2 aromatic heterocycles. The maximum Gasteiger partial charge on any atom is 0.251 e. The third-order valence-electron chi connectivity index (χ3n) is 3.48. The van der Waals surface area contributed by atoms with Gasteiger partial charge in [0.05, 0.1) is 12.2 Å². The van der Waals surface area contributed by atoms with Gasteiger partial charge in [-0.25, -0.2) is 4.98 Å². The molecule has 24 heavy (non-hydrogen) atoms. The van der Waals surface area contributed by atoms with Crippen LogP contribution in [0, 0.1) is 12.3 Å². The Kier molecular flexibility index (Phi) is 4.69. The number of Topliss-reactive ketones (excluding diaryl/α,β-unsaturated/α-hetero) is 1. The summed E-state index contributed by atoms with van der Waals surface area (Å²) in [6.07, 6.45) is 7.52. The van der Waals surface area contributed by atoms with Crippen molar-refractivity contribution in [1.82, 2.24) is 9.55 Å². The highest BCUT2D eigenvalue weighted by molar-refractivity contribution is 7.11. The summed E-state index contributed by atoms with van der Waals surface area (Å²) in [5.41, 5.74) is 2.29. The predicted molar refractivity (Wildman–Crippen MR) is 94.3 cm³/mol.